The third-order valence-electron chi connectivity index (χ3n) is 3.87. The van der Waals surface area contributed by atoms with Crippen molar-refractivity contribution < 1.29 is 9.53 Å². The Morgan fingerprint density at radius 3 is 2.71 bits per heavy atom. The van der Waals surface area contributed by atoms with E-state index < -0.39 is 0 Å². The number of hydrogen-bond donors (Lipinski definition) is 0. The molecule has 3 heteroatoms. The van der Waals surface area contributed by atoms with E-state index in [1.165, 1.54) is 19.3 Å². The van der Waals surface area contributed by atoms with Crippen LogP contribution in [0.15, 0.2) is 18.2 Å². The zero-order valence-corrected chi connectivity index (χ0v) is 10.4. The molecule has 1 atom stereocenters. The van der Waals surface area contributed by atoms with Crippen LogP contribution in [0.4, 0.5) is 0 Å². The van der Waals surface area contributed by atoms with E-state index in [0.29, 0.717) is 16.5 Å². The number of fused-ring (bicyclic) bond motifs is 1. The lowest BCUT2D eigenvalue weighted by molar-refractivity contribution is 0.0177. The third kappa shape index (κ3) is 1.85. The fourth-order valence-corrected chi connectivity index (χ4v) is 3.29. The fraction of sp³-hybridized carbons (Fsp3) is 0.500. The summed E-state index contributed by atoms with van der Waals surface area (Å²) in [6.45, 7) is 0. The minimum absolute atomic E-state index is 0.105. The first-order chi connectivity index (χ1) is 8.27. The molecule has 0 saturated heterocycles. The van der Waals surface area contributed by atoms with E-state index in [2.05, 4.69) is 0 Å². The van der Waals surface area contributed by atoms with Crippen LogP contribution in [0.1, 0.15) is 54.1 Å². The summed E-state index contributed by atoms with van der Waals surface area (Å²) in [7, 11) is 0. The van der Waals surface area contributed by atoms with Gasteiger partial charge in [-0.25, -0.2) is 4.79 Å². The Hall–Kier alpha value is -1.02. The van der Waals surface area contributed by atoms with E-state index in [-0.39, 0.29) is 12.1 Å². The quantitative estimate of drug-likeness (QED) is 0.701. The summed E-state index contributed by atoms with van der Waals surface area (Å²) in [5, 5.41) is 0.670. The van der Waals surface area contributed by atoms with Crippen LogP contribution in [0.3, 0.4) is 0 Å². The highest BCUT2D eigenvalue weighted by atomic mass is 35.5. The first kappa shape index (κ1) is 11.1. The van der Waals surface area contributed by atoms with Gasteiger partial charge in [-0.15, -0.1) is 0 Å². The lowest BCUT2D eigenvalue weighted by atomic mass is 9.82. The molecule has 0 aromatic heterocycles. The number of halogens is 1. The van der Waals surface area contributed by atoms with Gasteiger partial charge in [0.1, 0.15) is 6.10 Å². The maximum Gasteiger partial charge on any atom is 0.339 e. The van der Waals surface area contributed by atoms with Crippen molar-refractivity contribution in [3.05, 3.63) is 34.3 Å². The first-order valence-corrected chi connectivity index (χ1v) is 6.64. The molecule has 1 saturated carbocycles. The lowest BCUT2D eigenvalue weighted by Crippen LogP contribution is -2.16. The van der Waals surface area contributed by atoms with Gasteiger partial charge in [-0.1, -0.05) is 36.9 Å². The molecule has 1 heterocycles. The minimum atomic E-state index is -0.210. The average Bonchev–Trinajstić information content (AvgIpc) is 2.70. The van der Waals surface area contributed by atoms with E-state index in [0.717, 1.165) is 18.4 Å². The fourth-order valence-electron chi connectivity index (χ4n) is 3.01. The smallest absolute Gasteiger partial charge is 0.339 e. The second kappa shape index (κ2) is 4.34. The van der Waals surface area contributed by atoms with Gasteiger partial charge in [0.05, 0.1) is 5.56 Å². The number of cyclic esters (lactones) is 1. The molecule has 0 amide bonds. The second-order valence-corrected chi connectivity index (χ2v) is 5.33. The van der Waals surface area contributed by atoms with Gasteiger partial charge in [0.15, 0.2) is 0 Å². The second-order valence-electron chi connectivity index (χ2n) is 4.93. The number of rotatable bonds is 1. The summed E-state index contributed by atoms with van der Waals surface area (Å²) < 4.78 is 5.53. The molecule has 90 valence electrons. The minimum Gasteiger partial charge on any atom is -0.454 e. The van der Waals surface area contributed by atoms with Crippen LogP contribution >= 0.6 is 11.6 Å². The molecule has 1 unspecified atom stereocenters. The van der Waals surface area contributed by atoms with Crippen LogP contribution in [-0.2, 0) is 4.74 Å². The molecule has 17 heavy (non-hydrogen) atoms. The average molecular weight is 251 g/mol. The number of hydrogen-bond acceptors (Lipinski definition) is 2. The molecule has 0 bridgehead atoms. The molecule has 1 aromatic rings. The van der Waals surface area contributed by atoms with E-state index >= 15 is 0 Å². The number of ether oxygens (including phenoxy) is 1. The largest absolute Gasteiger partial charge is 0.454 e. The highest BCUT2D eigenvalue weighted by Gasteiger charge is 2.38. The van der Waals surface area contributed by atoms with Crippen molar-refractivity contribution >= 4 is 17.6 Å². The predicted octanol–water partition coefficient (Wildman–Crippen LogP) is 4.13. The van der Waals surface area contributed by atoms with E-state index in [9.17, 15) is 4.79 Å². The SMILES string of the molecule is O=C1OC(C2CCCCC2)c2c(Cl)cccc21. The van der Waals surface area contributed by atoms with Crippen molar-refractivity contribution in [2.75, 3.05) is 0 Å². The predicted molar refractivity (Wildman–Crippen MR) is 66.2 cm³/mol. The Labute approximate surface area is 106 Å². The molecule has 1 aliphatic heterocycles. The van der Waals surface area contributed by atoms with Crippen molar-refractivity contribution in [1.29, 1.82) is 0 Å². The third-order valence-corrected chi connectivity index (χ3v) is 4.20. The Balaban J connectivity index is 1.97. The van der Waals surface area contributed by atoms with Crippen LogP contribution in [0.5, 0.6) is 0 Å². The van der Waals surface area contributed by atoms with Gasteiger partial charge in [-0.05, 0) is 25.0 Å². The highest BCUT2D eigenvalue weighted by molar-refractivity contribution is 6.32. The van der Waals surface area contributed by atoms with Crippen molar-refractivity contribution in [2.45, 2.75) is 38.2 Å². The molecule has 1 aliphatic carbocycles. The number of carbonyl (C=O) groups is 1. The Kier molecular flexibility index (Phi) is 2.83. The monoisotopic (exact) mass is 250 g/mol. The highest BCUT2D eigenvalue weighted by Crippen LogP contribution is 2.44. The van der Waals surface area contributed by atoms with Gasteiger partial charge >= 0.3 is 5.97 Å². The first-order valence-electron chi connectivity index (χ1n) is 6.27. The summed E-state index contributed by atoms with van der Waals surface area (Å²) in [5.41, 5.74) is 1.58. The molecular weight excluding hydrogens is 236 g/mol. The van der Waals surface area contributed by atoms with Crippen LogP contribution in [0.2, 0.25) is 5.02 Å². The Bertz CT molecular complexity index is 450. The molecule has 0 spiro atoms. The standard InChI is InChI=1S/C14H15ClO2/c15-11-8-4-7-10-12(11)13(17-14(10)16)9-5-2-1-3-6-9/h4,7-9,13H,1-3,5-6H2. The Morgan fingerprint density at radius 1 is 1.18 bits per heavy atom. The zero-order valence-electron chi connectivity index (χ0n) is 9.62. The molecule has 1 aromatic carbocycles. The molecule has 1 fully saturated rings. The zero-order chi connectivity index (χ0) is 11.8. The Morgan fingerprint density at radius 2 is 1.94 bits per heavy atom. The topological polar surface area (TPSA) is 26.3 Å². The molecule has 0 N–H and O–H groups in total. The van der Waals surface area contributed by atoms with Gasteiger partial charge in [0, 0.05) is 16.5 Å². The van der Waals surface area contributed by atoms with Gasteiger partial charge in [0.2, 0.25) is 0 Å². The van der Waals surface area contributed by atoms with Crippen LogP contribution in [0, 0.1) is 5.92 Å². The summed E-state index contributed by atoms with van der Waals surface area (Å²) in [6.07, 6.45) is 5.95. The van der Waals surface area contributed by atoms with Crippen LogP contribution in [0.25, 0.3) is 0 Å². The summed E-state index contributed by atoms with van der Waals surface area (Å²) in [4.78, 5) is 11.8. The number of esters is 1. The lowest BCUT2D eigenvalue weighted by Gasteiger charge is -2.27. The number of benzene rings is 1. The van der Waals surface area contributed by atoms with Crippen LogP contribution in [-0.4, -0.2) is 5.97 Å². The van der Waals surface area contributed by atoms with Gasteiger partial charge in [0.25, 0.3) is 0 Å². The summed E-state index contributed by atoms with van der Waals surface area (Å²) in [5.74, 6) is 0.243. The van der Waals surface area contributed by atoms with Crippen molar-refractivity contribution in [1.82, 2.24) is 0 Å². The van der Waals surface area contributed by atoms with Crippen LogP contribution < -0.4 is 0 Å². The molecule has 2 nitrogen and oxygen atoms in total. The summed E-state index contributed by atoms with van der Waals surface area (Å²) in [6, 6.07) is 5.47. The van der Waals surface area contributed by atoms with E-state index in [4.69, 9.17) is 16.3 Å². The number of carbonyl (C=O) groups excluding carboxylic acids is 1. The van der Waals surface area contributed by atoms with E-state index in [1.54, 1.807) is 0 Å². The molecule has 0 radical (unpaired) electrons. The maximum absolute atomic E-state index is 11.8. The maximum atomic E-state index is 11.8. The van der Waals surface area contributed by atoms with Gasteiger partial charge < -0.3 is 4.74 Å². The van der Waals surface area contributed by atoms with E-state index in [1.807, 2.05) is 18.2 Å². The molecule has 2 aliphatic rings. The molecule has 3 rings (SSSR count). The van der Waals surface area contributed by atoms with Gasteiger partial charge in [-0.3, -0.25) is 0 Å². The van der Waals surface area contributed by atoms with Crippen molar-refractivity contribution in [3.8, 4) is 0 Å². The van der Waals surface area contributed by atoms with Crippen molar-refractivity contribution in [3.63, 3.8) is 0 Å². The van der Waals surface area contributed by atoms with Gasteiger partial charge in [-0.2, -0.15) is 0 Å². The summed E-state index contributed by atoms with van der Waals surface area (Å²) >= 11 is 6.22. The molecular formula is C14H15ClO2. The normalized spacial score (nSPS) is 24.5. The van der Waals surface area contributed by atoms with Crippen molar-refractivity contribution in [2.24, 2.45) is 5.92 Å².